The summed E-state index contributed by atoms with van der Waals surface area (Å²) in [6.45, 7) is 3.81. The first-order valence-electron chi connectivity index (χ1n) is 8.99. The molecule has 0 bridgehead atoms. The van der Waals surface area contributed by atoms with Crippen molar-refractivity contribution < 1.29 is 13.2 Å². The zero-order valence-corrected chi connectivity index (χ0v) is 17.0. The van der Waals surface area contributed by atoms with E-state index < -0.39 is 9.84 Å². The van der Waals surface area contributed by atoms with Gasteiger partial charge in [-0.05, 0) is 42.7 Å². The van der Waals surface area contributed by atoms with Gasteiger partial charge in [0, 0.05) is 11.8 Å². The third-order valence-electron chi connectivity index (χ3n) is 4.70. The molecule has 1 amide bonds. The van der Waals surface area contributed by atoms with E-state index in [9.17, 15) is 13.2 Å². The largest absolute Gasteiger partial charge is 0.341 e. The fraction of sp³-hybridized carbons (Fsp3) is 0.174. The molecule has 3 rings (SSSR count). The van der Waals surface area contributed by atoms with Gasteiger partial charge in [0.05, 0.1) is 10.9 Å². The Morgan fingerprint density at radius 3 is 2.07 bits per heavy atom. The van der Waals surface area contributed by atoms with Gasteiger partial charge in [0.15, 0.2) is 9.84 Å². The first kappa shape index (κ1) is 19.8. The highest BCUT2D eigenvalue weighted by Gasteiger charge is 2.20. The van der Waals surface area contributed by atoms with Gasteiger partial charge in [0.2, 0.25) is 0 Å². The van der Waals surface area contributed by atoms with Crippen molar-refractivity contribution in [3.05, 3.63) is 101 Å². The molecule has 0 saturated heterocycles. The molecule has 0 fully saturated rings. The highest BCUT2D eigenvalue weighted by Crippen LogP contribution is 2.24. The van der Waals surface area contributed by atoms with E-state index in [2.05, 4.69) is 5.32 Å². The van der Waals surface area contributed by atoms with E-state index >= 15 is 0 Å². The van der Waals surface area contributed by atoms with Crippen molar-refractivity contribution in [3.8, 4) is 0 Å². The normalized spacial score (nSPS) is 12.4. The second-order valence-corrected chi connectivity index (χ2v) is 8.99. The van der Waals surface area contributed by atoms with Crippen LogP contribution in [0.4, 0.5) is 0 Å². The molecular weight excluding hydrogens is 370 g/mol. The lowest BCUT2D eigenvalue weighted by Crippen LogP contribution is -2.30. The number of aryl methyl sites for hydroxylation is 2. The molecule has 0 heterocycles. The number of benzene rings is 3. The second-order valence-electron chi connectivity index (χ2n) is 6.98. The highest BCUT2D eigenvalue weighted by molar-refractivity contribution is 7.90. The van der Waals surface area contributed by atoms with E-state index in [-0.39, 0.29) is 16.8 Å². The Morgan fingerprint density at radius 1 is 0.857 bits per heavy atom. The van der Waals surface area contributed by atoms with Gasteiger partial charge >= 0.3 is 0 Å². The van der Waals surface area contributed by atoms with Gasteiger partial charge < -0.3 is 5.32 Å². The molecule has 28 heavy (non-hydrogen) atoms. The number of rotatable bonds is 5. The summed E-state index contributed by atoms with van der Waals surface area (Å²) in [5, 5.41) is 3.07. The van der Waals surface area contributed by atoms with Crippen LogP contribution in [0.2, 0.25) is 0 Å². The minimum Gasteiger partial charge on any atom is -0.341 e. The standard InChI is InChI=1S/C23H23NO3S/c1-16-9-12-19(13-10-16)22(18-7-5-4-6-8-18)24-23(25)21-15-20(28(3,26)27)14-11-17(21)2/h4-15,22H,1-3H3,(H,24,25)/t22-/m0/s1. The Bertz CT molecular complexity index is 1090. The summed E-state index contributed by atoms with van der Waals surface area (Å²) >= 11 is 0. The minimum atomic E-state index is -3.39. The van der Waals surface area contributed by atoms with E-state index in [0.717, 1.165) is 28.5 Å². The molecule has 0 aliphatic rings. The van der Waals surface area contributed by atoms with E-state index in [0.29, 0.717) is 5.56 Å². The van der Waals surface area contributed by atoms with E-state index in [4.69, 9.17) is 0 Å². The number of carbonyl (C=O) groups is 1. The number of amides is 1. The van der Waals surface area contributed by atoms with Crippen LogP contribution in [0.3, 0.4) is 0 Å². The minimum absolute atomic E-state index is 0.134. The fourth-order valence-corrected chi connectivity index (χ4v) is 3.70. The molecule has 0 radical (unpaired) electrons. The van der Waals surface area contributed by atoms with E-state index in [1.165, 1.54) is 12.1 Å². The Labute approximate surface area is 166 Å². The topological polar surface area (TPSA) is 63.2 Å². The molecule has 0 aliphatic carbocycles. The zero-order valence-electron chi connectivity index (χ0n) is 16.1. The molecule has 144 valence electrons. The maximum Gasteiger partial charge on any atom is 0.252 e. The zero-order chi connectivity index (χ0) is 20.3. The molecule has 5 heteroatoms. The smallest absolute Gasteiger partial charge is 0.252 e. The quantitative estimate of drug-likeness (QED) is 0.706. The summed E-state index contributed by atoms with van der Waals surface area (Å²) in [7, 11) is -3.39. The van der Waals surface area contributed by atoms with Gasteiger partial charge in [-0.25, -0.2) is 8.42 Å². The van der Waals surface area contributed by atoms with Gasteiger partial charge in [0.25, 0.3) is 5.91 Å². The van der Waals surface area contributed by atoms with Gasteiger partial charge in [-0.3, -0.25) is 4.79 Å². The number of carbonyl (C=O) groups excluding carboxylic acids is 1. The van der Waals surface area contributed by atoms with Crippen LogP contribution >= 0.6 is 0 Å². The maximum atomic E-state index is 13.1. The SMILES string of the molecule is Cc1ccc([C@@H](NC(=O)c2cc(S(C)(=O)=O)ccc2C)c2ccccc2)cc1. The van der Waals surface area contributed by atoms with Gasteiger partial charge in [-0.15, -0.1) is 0 Å². The molecule has 0 spiro atoms. The molecule has 0 aliphatic heterocycles. The van der Waals surface area contributed by atoms with E-state index in [1.807, 2.05) is 61.5 Å². The van der Waals surface area contributed by atoms with Crippen LogP contribution in [-0.4, -0.2) is 20.6 Å². The number of sulfone groups is 1. The number of nitrogens with one attached hydrogen (secondary N) is 1. The van der Waals surface area contributed by atoms with Crippen molar-refractivity contribution in [1.29, 1.82) is 0 Å². The maximum absolute atomic E-state index is 13.1. The lowest BCUT2D eigenvalue weighted by Gasteiger charge is -2.21. The Hall–Kier alpha value is -2.92. The Morgan fingerprint density at radius 2 is 1.46 bits per heavy atom. The van der Waals surface area contributed by atoms with Gasteiger partial charge in [0.1, 0.15) is 0 Å². The molecule has 3 aromatic carbocycles. The summed E-state index contributed by atoms with van der Waals surface area (Å²) in [6, 6.07) is 22.0. The molecule has 0 aromatic heterocycles. The molecule has 1 N–H and O–H groups in total. The summed E-state index contributed by atoms with van der Waals surface area (Å²) < 4.78 is 23.8. The lowest BCUT2D eigenvalue weighted by molar-refractivity contribution is 0.0942. The molecule has 1 atom stereocenters. The summed E-state index contributed by atoms with van der Waals surface area (Å²) in [4.78, 5) is 13.2. The molecule has 3 aromatic rings. The lowest BCUT2D eigenvalue weighted by atomic mass is 9.97. The Balaban J connectivity index is 2.00. The Kier molecular flexibility index (Phi) is 5.66. The first-order chi connectivity index (χ1) is 13.3. The van der Waals surface area contributed by atoms with Crippen LogP contribution in [0.15, 0.2) is 77.7 Å². The number of hydrogen-bond acceptors (Lipinski definition) is 3. The van der Waals surface area contributed by atoms with Crippen molar-refractivity contribution in [2.75, 3.05) is 6.26 Å². The molecule has 0 saturated carbocycles. The van der Waals surface area contributed by atoms with Crippen molar-refractivity contribution in [2.45, 2.75) is 24.8 Å². The predicted octanol–water partition coefficient (Wildman–Crippen LogP) is 4.23. The van der Waals surface area contributed by atoms with Gasteiger partial charge in [-0.1, -0.05) is 66.2 Å². The van der Waals surface area contributed by atoms with Crippen LogP contribution in [-0.2, 0) is 9.84 Å². The third kappa shape index (κ3) is 4.49. The third-order valence-corrected chi connectivity index (χ3v) is 5.81. The first-order valence-corrected chi connectivity index (χ1v) is 10.9. The summed E-state index contributed by atoms with van der Waals surface area (Å²) in [5.74, 6) is -0.308. The van der Waals surface area contributed by atoms with Crippen molar-refractivity contribution in [3.63, 3.8) is 0 Å². The number of hydrogen-bond donors (Lipinski definition) is 1. The average Bonchev–Trinajstić information content (AvgIpc) is 2.67. The highest BCUT2D eigenvalue weighted by atomic mass is 32.2. The molecule has 4 nitrogen and oxygen atoms in total. The van der Waals surface area contributed by atoms with Gasteiger partial charge in [-0.2, -0.15) is 0 Å². The van der Waals surface area contributed by atoms with Crippen molar-refractivity contribution in [2.24, 2.45) is 0 Å². The summed E-state index contributed by atoms with van der Waals surface area (Å²) in [5.41, 5.74) is 4.13. The van der Waals surface area contributed by atoms with Crippen LogP contribution in [0.1, 0.15) is 38.7 Å². The van der Waals surface area contributed by atoms with Crippen LogP contribution in [0, 0.1) is 13.8 Å². The average molecular weight is 394 g/mol. The second kappa shape index (κ2) is 7.98. The molecule has 0 unspecified atom stereocenters. The van der Waals surface area contributed by atoms with Crippen molar-refractivity contribution in [1.82, 2.24) is 5.32 Å². The van der Waals surface area contributed by atoms with Crippen LogP contribution in [0.5, 0.6) is 0 Å². The summed E-state index contributed by atoms with van der Waals surface area (Å²) in [6.07, 6.45) is 1.14. The van der Waals surface area contributed by atoms with Crippen LogP contribution < -0.4 is 5.32 Å². The van der Waals surface area contributed by atoms with E-state index in [1.54, 1.807) is 13.0 Å². The molecular formula is C23H23NO3S. The predicted molar refractivity (Wildman–Crippen MR) is 111 cm³/mol. The fourth-order valence-electron chi connectivity index (χ4n) is 3.05. The van der Waals surface area contributed by atoms with Crippen molar-refractivity contribution >= 4 is 15.7 Å². The van der Waals surface area contributed by atoms with Crippen LogP contribution in [0.25, 0.3) is 0 Å². The monoisotopic (exact) mass is 393 g/mol.